The molecule has 1 heterocycles. The van der Waals surface area contributed by atoms with E-state index in [0.29, 0.717) is 17.4 Å². The highest BCUT2D eigenvalue weighted by Gasteiger charge is 2.14. The number of hydrogen-bond acceptors (Lipinski definition) is 2. The Bertz CT molecular complexity index is 863. The molecule has 0 spiro atoms. The molecule has 0 saturated carbocycles. The van der Waals surface area contributed by atoms with Crippen LogP contribution in [0, 0.1) is 0 Å². The van der Waals surface area contributed by atoms with Crippen molar-refractivity contribution in [2.45, 2.75) is 6.54 Å². The summed E-state index contributed by atoms with van der Waals surface area (Å²) in [5.41, 5.74) is 1.84. The van der Waals surface area contributed by atoms with Gasteiger partial charge >= 0.3 is 0 Å². The number of amides is 1. The summed E-state index contributed by atoms with van der Waals surface area (Å²) in [6.07, 6.45) is 4.93. The highest BCUT2D eigenvalue weighted by molar-refractivity contribution is 6.32. The van der Waals surface area contributed by atoms with Gasteiger partial charge in [-0.2, -0.15) is 0 Å². The predicted molar refractivity (Wildman–Crippen MR) is 102 cm³/mol. The normalized spacial score (nSPS) is 10.8. The molecule has 4 heteroatoms. The number of carbonyl (C=O) groups is 1. The van der Waals surface area contributed by atoms with Crippen molar-refractivity contribution in [2.24, 2.45) is 0 Å². The van der Waals surface area contributed by atoms with Crippen molar-refractivity contribution in [1.29, 1.82) is 0 Å². The molecule has 0 saturated heterocycles. The molecule has 0 aliphatic carbocycles. The summed E-state index contributed by atoms with van der Waals surface area (Å²) in [6.45, 7) is 0.448. The van der Waals surface area contributed by atoms with Crippen LogP contribution in [0.2, 0.25) is 5.02 Å². The molecular formula is C21H17ClN2O. The van der Waals surface area contributed by atoms with Gasteiger partial charge in [0, 0.05) is 17.3 Å². The molecule has 0 radical (unpaired) electrons. The number of benzene rings is 2. The van der Waals surface area contributed by atoms with E-state index in [1.807, 2.05) is 66.7 Å². The number of halogens is 1. The van der Waals surface area contributed by atoms with E-state index in [-0.39, 0.29) is 5.91 Å². The van der Waals surface area contributed by atoms with Gasteiger partial charge in [-0.15, -0.1) is 0 Å². The van der Waals surface area contributed by atoms with Gasteiger partial charge in [0.15, 0.2) is 0 Å². The van der Waals surface area contributed by atoms with Crippen LogP contribution in [0.1, 0.15) is 11.1 Å². The van der Waals surface area contributed by atoms with E-state index < -0.39 is 0 Å². The third-order valence-corrected chi connectivity index (χ3v) is 4.03. The first kappa shape index (κ1) is 16.9. The Morgan fingerprint density at radius 3 is 2.40 bits per heavy atom. The van der Waals surface area contributed by atoms with Crippen molar-refractivity contribution >= 4 is 29.4 Å². The summed E-state index contributed by atoms with van der Waals surface area (Å²) >= 11 is 6.15. The first-order valence-corrected chi connectivity index (χ1v) is 8.31. The van der Waals surface area contributed by atoms with E-state index in [0.717, 1.165) is 11.1 Å². The lowest BCUT2D eigenvalue weighted by Gasteiger charge is -2.20. The fourth-order valence-corrected chi connectivity index (χ4v) is 2.61. The second kappa shape index (κ2) is 8.27. The number of carbonyl (C=O) groups excluding carboxylic acids is 1. The van der Waals surface area contributed by atoms with Crippen LogP contribution in [0.3, 0.4) is 0 Å². The predicted octanol–water partition coefficient (Wildman–Crippen LogP) is 4.98. The van der Waals surface area contributed by atoms with E-state index in [1.165, 1.54) is 6.08 Å². The van der Waals surface area contributed by atoms with Gasteiger partial charge in [-0.25, -0.2) is 4.98 Å². The summed E-state index contributed by atoms with van der Waals surface area (Å²) < 4.78 is 0. The first-order chi connectivity index (χ1) is 12.2. The van der Waals surface area contributed by atoms with Gasteiger partial charge in [-0.05, 0) is 35.4 Å². The Morgan fingerprint density at radius 1 is 0.960 bits per heavy atom. The molecule has 0 bridgehead atoms. The minimum Gasteiger partial charge on any atom is -0.289 e. The van der Waals surface area contributed by atoms with Crippen molar-refractivity contribution in [3.63, 3.8) is 0 Å². The second-order valence-corrected chi connectivity index (χ2v) is 5.86. The molecule has 1 amide bonds. The first-order valence-electron chi connectivity index (χ1n) is 7.93. The molecule has 25 heavy (non-hydrogen) atoms. The molecule has 3 nitrogen and oxygen atoms in total. The fourth-order valence-electron chi connectivity index (χ4n) is 2.41. The lowest BCUT2D eigenvalue weighted by Crippen LogP contribution is -2.29. The Morgan fingerprint density at radius 2 is 1.68 bits per heavy atom. The molecule has 3 aromatic rings. The van der Waals surface area contributed by atoms with Crippen LogP contribution in [-0.4, -0.2) is 10.9 Å². The molecule has 0 N–H and O–H groups in total. The largest absolute Gasteiger partial charge is 0.289 e. The highest BCUT2D eigenvalue weighted by atomic mass is 35.5. The fraction of sp³-hybridized carbons (Fsp3) is 0.0476. The van der Waals surface area contributed by atoms with Crippen molar-refractivity contribution in [2.75, 3.05) is 4.90 Å². The summed E-state index contributed by atoms with van der Waals surface area (Å²) in [6, 6.07) is 22.8. The Kier molecular flexibility index (Phi) is 5.60. The van der Waals surface area contributed by atoms with Crippen LogP contribution >= 0.6 is 11.6 Å². The average molecular weight is 349 g/mol. The number of pyridine rings is 1. The number of aromatic nitrogens is 1. The van der Waals surface area contributed by atoms with Crippen molar-refractivity contribution in [3.8, 4) is 0 Å². The van der Waals surface area contributed by atoms with E-state index in [4.69, 9.17) is 11.6 Å². The summed E-state index contributed by atoms with van der Waals surface area (Å²) in [5.74, 6) is 0.461. The zero-order chi connectivity index (χ0) is 17.5. The Hall–Kier alpha value is -2.91. The smallest absolute Gasteiger partial charge is 0.252 e. The molecule has 3 rings (SSSR count). The molecule has 0 unspecified atom stereocenters. The summed E-state index contributed by atoms with van der Waals surface area (Å²) in [7, 11) is 0. The van der Waals surface area contributed by atoms with Gasteiger partial charge in [-0.3, -0.25) is 9.69 Å². The second-order valence-electron chi connectivity index (χ2n) is 5.45. The molecule has 124 valence electrons. The van der Waals surface area contributed by atoms with Gasteiger partial charge in [-0.1, -0.05) is 66.2 Å². The standard InChI is InChI=1S/C21H17ClN2O/c22-19-11-5-4-10-18(19)13-14-21(25)24(20-12-6-7-15-23-20)16-17-8-2-1-3-9-17/h1-15H,16H2/b14-13+. The maximum atomic E-state index is 12.8. The lowest BCUT2D eigenvalue weighted by molar-refractivity contribution is -0.114. The molecule has 0 aliphatic heterocycles. The van der Waals surface area contributed by atoms with Crippen LogP contribution in [0.4, 0.5) is 5.82 Å². The van der Waals surface area contributed by atoms with Crippen LogP contribution in [0.15, 0.2) is 85.1 Å². The van der Waals surface area contributed by atoms with Crippen molar-refractivity contribution < 1.29 is 4.79 Å². The molecule has 2 aromatic carbocycles. The van der Waals surface area contributed by atoms with E-state index in [1.54, 1.807) is 23.2 Å². The van der Waals surface area contributed by atoms with E-state index >= 15 is 0 Å². The number of rotatable bonds is 5. The number of hydrogen-bond donors (Lipinski definition) is 0. The van der Waals surface area contributed by atoms with Crippen LogP contribution in [-0.2, 0) is 11.3 Å². The molecular weight excluding hydrogens is 332 g/mol. The Labute approximate surface area is 152 Å². The summed E-state index contributed by atoms with van der Waals surface area (Å²) in [4.78, 5) is 18.7. The van der Waals surface area contributed by atoms with Crippen molar-refractivity contribution in [1.82, 2.24) is 4.98 Å². The van der Waals surface area contributed by atoms with E-state index in [9.17, 15) is 4.79 Å². The van der Waals surface area contributed by atoms with Gasteiger partial charge in [0.05, 0.1) is 6.54 Å². The third-order valence-electron chi connectivity index (χ3n) is 3.69. The van der Waals surface area contributed by atoms with Gasteiger partial charge < -0.3 is 0 Å². The maximum absolute atomic E-state index is 12.8. The number of nitrogens with zero attached hydrogens (tertiary/aromatic N) is 2. The summed E-state index contributed by atoms with van der Waals surface area (Å²) in [5, 5.41) is 0.610. The lowest BCUT2D eigenvalue weighted by atomic mass is 10.2. The van der Waals surface area contributed by atoms with Crippen LogP contribution < -0.4 is 4.90 Å². The Balaban J connectivity index is 1.86. The third kappa shape index (κ3) is 4.55. The van der Waals surface area contributed by atoms with Crippen molar-refractivity contribution in [3.05, 3.63) is 101 Å². The minimum atomic E-state index is -0.150. The van der Waals surface area contributed by atoms with E-state index in [2.05, 4.69) is 4.98 Å². The number of anilines is 1. The maximum Gasteiger partial charge on any atom is 0.252 e. The van der Waals surface area contributed by atoms with Crippen LogP contribution in [0.25, 0.3) is 6.08 Å². The average Bonchev–Trinajstić information content (AvgIpc) is 2.67. The molecule has 1 aromatic heterocycles. The minimum absolute atomic E-state index is 0.150. The van der Waals surface area contributed by atoms with Gasteiger partial charge in [0.2, 0.25) is 0 Å². The monoisotopic (exact) mass is 348 g/mol. The zero-order valence-corrected chi connectivity index (χ0v) is 14.3. The molecule has 0 atom stereocenters. The quantitative estimate of drug-likeness (QED) is 0.609. The van der Waals surface area contributed by atoms with Gasteiger partial charge in [0.1, 0.15) is 5.82 Å². The van der Waals surface area contributed by atoms with Gasteiger partial charge in [0.25, 0.3) is 5.91 Å². The SMILES string of the molecule is O=C(/C=C/c1ccccc1Cl)N(Cc1ccccc1)c1ccccn1. The molecule has 0 aliphatic rings. The zero-order valence-electron chi connectivity index (χ0n) is 13.5. The highest BCUT2D eigenvalue weighted by Crippen LogP contribution is 2.18. The topological polar surface area (TPSA) is 33.2 Å². The van der Waals surface area contributed by atoms with Crippen LogP contribution in [0.5, 0.6) is 0 Å². The molecule has 0 fully saturated rings.